The van der Waals surface area contributed by atoms with Crippen molar-refractivity contribution < 1.29 is 9.53 Å². The van der Waals surface area contributed by atoms with E-state index in [1.807, 2.05) is 43.3 Å². The molecule has 20 heavy (non-hydrogen) atoms. The summed E-state index contributed by atoms with van der Waals surface area (Å²) in [6.07, 6.45) is 0. The predicted molar refractivity (Wildman–Crippen MR) is 88.9 cm³/mol. The van der Waals surface area contributed by atoms with Crippen molar-refractivity contribution in [1.82, 2.24) is 0 Å². The van der Waals surface area contributed by atoms with Gasteiger partial charge in [-0.15, -0.1) is 0 Å². The van der Waals surface area contributed by atoms with E-state index >= 15 is 0 Å². The largest absolute Gasteiger partial charge is 0.483 e. The van der Waals surface area contributed by atoms with E-state index in [-0.39, 0.29) is 12.5 Å². The topological polar surface area (TPSA) is 64.3 Å². The molecule has 5 heteroatoms. The van der Waals surface area contributed by atoms with E-state index in [0.717, 1.165) is 9.13 Å². The second-order valence-corrected chi connectivity index (χ2v) is 5.47. The molecular formula is C15H15IN2O2. The summed E-state index contributed by atoms with van der Waals surface area (Å²) in [5, 5.41) is 2.78. The number of halogens is 1. The van der Waals surface area contributed by atoms with Crippen molar-refractivity contribution in [2.45, 2.75) is 6.92 Å². The number of aryl methyl sites for hydroxylation is 1. The molecule has 0 fully saturated rings. The molecule has 0 spiro atoms. The van der Waals surface area contributed by atoms with E-state index in [9.17, 15) is 4.79 Å². The maximum absolute atomic E-state index is 11.9. The third kappa shape index (κ3) is 3.63. The molecule has 2 aromatic rings. The average Bonchev–Trinajstić information content (AvgIpc) is 2.42. The van der Waals surface area contributed by atoms with Gasteiger partial charge >= 0.3 is 0 Å². The minimum atomic E-state index is -0.231. The van der Waals surface area contributed by atoms with Crippen LogP contribution in [0.1, 0.15) is 5.56 Å². The molecule has 0 saturated carbocycles. The lowest BCUT2D eigenvalue weighted by molar-refractivity contribution is -0.118. The monoisotopic (exact) mass is 382 g/mol. The fourth-order valence-electron chi connectivity index (χ4n) is 1.74. The number of nitrogen functional groups attached to an aromatic ring is 1. The molecule has 0 aliphatic heterocycles. The van der Waals surface area contributed by atoms with Crippen LogP contribution in [-0.2, 0) is 4.79 Å². The SMILES string of the molecule is Cc1cccc(N)c1NC(=O)COc1ccccc1I. The highest BCUT2D eigenvalue weighted by Gasteiger charge is 2.09. The molecule has 2 rings (SSSR count). The minimum Gasteiger partial charge on any atom is -0.483 e. The quantitative estimate of drug-likeness (QED) is 0.631. The third-order valence-corrected chi connectivity index (χ3v) is 3.66. The summed E-state index contributed by atoms with van der Waals surface area (Å²) in [5.41, 5.74) is 7.96. The van der Waals surface area contributed by atoms with Crippen LogP contribution in [0.25, 0.3) is 0 Å². The van der Waals surface area contributed by atoms with Gasteiger partial charge in [-0.1, -0.05) is 24.3 Å². The van der Waals surface area contributed by atoms with Crippen LogP contribution in [-0.4, -0.2) is 12.5 Å². The van der Waals surface area contributed by atoms with Gasteiger partial charge in [-0.3, -0.25) is 4.79 Å². The number of benzene rings is 2. The van der Waals surface area contributed by atoms with E-state index in [2.05, 4.69) is 27.9 Å². The number of nitrogens with one attached hydrogen (secondary N) is 1. The summed E-state index contributed by atoms with van der Waals surface area (Å²) in [4.78, 5) is 11.9. The predicted octanol–water partition coefficient (Wildman–Crippen LogP) is 3.20. The van der Waals surface area contributed by atoms with E-state index in [0.29, 0.717) is 17.1 Å². The number of ether oxygens (including phenoxy) is 1. The number of anilines is 2. The summed E-state index contributed by atoms with van der Waals surface area (Å²) in [7, 11) is 0. The van der Waals surface area contributed by atoms with Crippen molar-refractivity contribution >= 4 is 39.9 Å². The minimum absolute atomic E-state index is 0.0478. The number of hydrogen-bond donors (Lipinski definition) is 2. The highest BCUT2D eigenvalue weighted by Crippen LogP contribution is 2.23. The fourth-order valence-corrected chi connectivity index (χ4v) is 2.28. The first kappa shape index (κ1) is 14.6. The van der Waals surface area contributed by atoms with Gasteiger partial charge in [0.15, 0.2) is 6.61 Å². The lowest BCUT2D eigenvalue weighted by Crippen LogP contribution is -2.21. The molecule has 0 heterocycles. The third-order valence-electron chi connectivity index (χ3n) is 2.76. The molecule has 0 bridgehead atoms. The summed E-state index contributed by atoms with van der Waals surface area (Å²) in [6, 6.07) is 13.0. The van der Waals surface area contributed by atoms with Gasteiger partial charge in [0.25, 0.3) is 5.91 Å². The van der Waals surface area contributed by atoms with Crippen LogP contribution < -0.4 is 15.8 Å². The number of hydrogen-bond acceptors (Lipinski definition) is 3. The zero-order valence-corrected chi connectivity index (χ0v) is 13.2. The number of carbonyl (C=O) groups is 1. The van der Waals surface area contributed by atoms with Crippen LogP contribution in [0, 0.1) is 10.5 Å². The zero-order chi connectivity index (χ0) is 14.5. The van der Waals surface area contributed by atoms with E-state index in [1.54, 1.807) is 6.07 Å². The summed E-state index contributed by atoms with van der Waals surface area (Å²) < 4.78 is 6.46. The highest BCUT2D eigenvalue weighted by atomic mass is 127. The number of carbonyl (C=O) groups excluding carboxylic acids is 1. The van der Waals surface area contributed by atoms with Crippen LogP contribution in [0.3, 0.4) is 0 Å². The van der Waals surface area contributed by atoms with Crippen molar-refractivity contribution in [2.75, 3.05) is 17.7 Å². The molecule has 0 saturated heterocycles. The van der Waals surface area contributed by atoms with Crippen LogP contribution in [0.4, 0.5) is 11.4 Å². The van der Waals surface area contributed by atoms with Gasteiger partial charge < -0.3 is 15.8 Å². The summed E-state index contributed by atoms with van der Waals surface area (Å²) in [6.45, 7) is 1.85. The Kier molecular flexibility index (Phi) is 4.84. The molecule has 2 aromatic carbocycles. The van der Waals surface area contributed by atoms with Gasteiger partial charge in [-0.05, 0) is 53.3 Å². The molecular weight excluding hydrogens is 367 g/mol. The van der Waals surface area contributed by atoms with Crippen LogP contribution in [0.15, 0.2) is 42.5 Å². The second kappa shape index (κ2) is 6.60. The Hall–Kier alpha value is -1.76. The van der Waals surface area contributed by atoms with E-state index in [1.165, 1.54) is 0 Å². The number of nitrogens with two attached hydrogens (primary N) is 1. The molecule has 104 valence electrons. The van der Waals surface area contributed by atoms with Crippen molar-refractivity contribution in [1.29, 1.82) is 0 Å². The normalized spacial score (nSPS) is 10.1. The van der Waals surface area contributed by atoms with E-state index in [4.69, 9.17) is 10.5 Å². The summed E-state index contributed by atoms with van der Waals surface area (Å²) in [5.74, 6) is 0.464. The lowest BCUT2D eigenvalue weighted by atomic mass is 10.1. The van der Waals surface area contributed by atoms with Crippen molar-refractivity contribution in [3.63, 3.8) is 0 Å². The highest BCUT2D eigenvalue weighted by molar-refractivity contribution is 14.1. The molecule has 0 aromatic heterocycles. The van der Waals surface area contributed by atoms with Gasteiger partial charge in [0, 0.05) is 0 Å². The number of para-hydroxylation sites is 2. The Morgan fingerprint density at radius 2 is 2.00 bits per heavy atom. The number of rotatable bonds is 4. The molecule has 0 radical (unpaired) electrons. The Bertz CT molecular complexity index is 609. The standard InChI is InChI=1S/C15H15IN2O2/c1-10-5-4-7-12(17)15(10)18-14(19)9-20-13-8-3-2-6-11(13)16/h2-8H,9,17H2,1H3,(H,18,19). The molecule has 0 atom stereocenters. The average molecular weight is 382 g/mol. The Morgan fingerprint density at radius 1 is 1.25 bits per heavy atom. The van der Waals surface area contributed by atoms with Gasteiger partial charge in [0.05, 0.1) is 14.9 Å². The Balaban J connectivity index is 1.98. The molecule has 0 aliphatic rings. The van der Waals surface area contributed by atoms with Crippen molar-refractivity contribution in [2.24, 2.45) is 0 Å². The van der Waals surface area contributed by atoms with Crippen LogP contribution in [0.5, 0.6) is 5.75 Å². The molecule has 0 unspecified atom stereocenters. The van der Waals surface area contributed by atoms with Crippen LogP contribution >= 0.6 is 22.6 Å². The van der Waals surface area contributed by atoms with Gasteiger partial charge in [-0.2, -0.15) is 0 Å². The zero-order valence-electron chi connectivity index (χ0n) is 11.0. The Morgan fingerprint density at radius 3 is 2.70 bits per heavy atom. The molecule has 0 aliphatic carbocycles. The fraction of sp³-hybridized carbons (Fsp3) is 0.133. The number of amides is 1. The van der Waals surface area contributed by atoms with Gasteiger partial charge in [0.1, 0.15) is 5.75 Å². The second-order valence-electron chi connectivity index (χ2n) is 4.31. The molecule has 4 nitrogen and oxygen atoms in total. The van der Waals surface area contributed by atoms with Gasteiger partial charge in [-0.25, -0.2) is 0 Å². The van der Waals surface area contributed by atoms with E-state index < -0.39 is 0 Å². The molecule has 1 amide bonds. The first-order valence-corrected chi connectivity index (χ1v) is 7.18. The smallest absolute Gasteiger partial charge is 0.262 e. The first-order chi connectivity index (χ1) is 9.58. The lowest BCUT2D eigenvalue weighted by Gasteiger charge is -2.12. The van der Waals surface area contributed by atoms with Gasteiger partial charge in [0.2, 0.25) is 0 Å². The van der Waals surface area contributed by atoms with Crippen LogP contribution in [0.2, 0.25) is 0 Å². The van der Waals surface area contributed by atoms with Crippen molar-refractivity contribution in [3.05, 3.63) is 51.6 Å². The Labute approximate surface area is 131 Å². The maximum atomic E-state index is 11.9. The summed E-state index contributed by atoms with van der Waals surface area (Å²) >= 11 is 2.16. The van der Waals surface area contributed by atoms with Crippen molar-refractivity contribution in [3.8, 4) is 5.75 Å². The maximum Gasteiger partial charge on any atom is 0.262 e. The molecule has 3 N–H and O–H groups in total. The first-order valence-electron chi connectivity index (χ1n) is 6.10.